The van der Waals surface area contributed by atoms with Gasteiger partial charge in [0.1, 0.15) is 0 Å². The molecule has 1 atom stereocenters. The molecule has 2 heterocycles. The Morgan fingerprint density at radius 1 is 1.22 bits per heavy atom. The summed E-state index contributed by atoms with van der Waals surface area (Å²) in [6, 6.07) is 8.20. The van der Waals surface area contributed by atoms with E-state index in [1.165, 1.54) is 12.8 Å². The van der Waals surface area contributed by atoms with Crippen LogP contribution in [0.2, 0.25) is 0 Å². The van der Waals surface area contributed by atoms with Gasteiger partial charge in [-0.05, 0) is 43.6 Å². The van der Waals surface area contributed by atoms with Crippen molar-refractivity contribution in [3.8, 4) is 17.6 Å². The van der Waals surface area contributed by atoms with Gasteiger partial charge in [0, 0.05) is 6.54 Å². The molecule has 2 aliphatic heterocycles. The lowest BCUT2D eigenvalue weighted by atomic mass is 9.99. The molecule has 4 heteroatoms. The van der Waals surface area contributed by atoms with Crippen LogP contribution in [-0.2, 0) is 0 Å². The molecule has 1 aromatic carbocycles. The Hall–Kier alpha value is -1.73. The van der Waals surface area contributed by atoms with Gasteiger partial charge in [-0.15, -0.1) is 0 Å². The van der Waals surface area contributed by atoms with Crippen LogP contribution in [0.15, 0.2) is 18.2 Å². The number of likely N-dealkylation sites (tertiary alicyclic amines) is 1. The number of nitrogens with zero attached hydrogens (tertiary/aromatic N) is 2. The van der Waals surface area contributed by atoms with Crippen LogP contribution in [0.5, 0.6) is 11.5 Å². The molecule has 18 heavy (non-hydrogen) atoms. The second-order valence-corrected chi connectivity index (χ2v) is 4.80. The fourth-order valence-corrected chi connectivity index (χ4v) is 2.57. The molecule has 3 rings (SSSR count). The normalized spacial score (nSPS) is 19.7. The molecule has 0 aromatic heterocycles. The van der Waals surface area contributed by atoms with Crippen molar-refractivity contribution in [3.05, 3.63) is 23.8 Å². The molecule has 4 nitrogen and oxygen atoms in total. The molecule has 0 amide bonds. The van der Waals surface area contributed by atoms with E-state index in [0.29, 0.717) is 0 Å². The van der Waals surface area contributed by atoms with Gasteiger partial charge < -0.3 is 14.4 Å². The minimum Gasteiger partial charge on any atom is -0.454 e. The quantitative estimate of drug-likeness (QED) is 0.817. The molecule has 0 saturated carbocycles. The van der Waals surface area contributed by atoms with E-state index >= 15 is 0 Å². The molecular weight excluding hydrogens is 228 g/mol. The number of benzene rings is 1. The average molecular weight is 244 g/mol. The zero-order chi connectivity index (χ0) is 12.4. The van der Waals surface area contributed by atoms with Crippen LogP contribution in [-0.4, -0.2) is 31.3 Å². The fraction of sp³-hybridized carbons (Fsp3) is 0.500. The van der Waals surface area contributed by atoms with Crippen LogP contribution in [0, 0.1) is 11.3 Å². The van der Waals surface area contributed by atoms with E-state index in [0.717, 1.165) is 36.7 Å². The SMILES string of the molecule is N#CC(CN1CCCC1)c1ccc2c(c1)OCO2. The topological polar surface area (TPSA) is 45.5 Å². The summed E-state index contributed by atoms with van der Waals surface area (Å²) < 4.78 is 10.6. The van der Waals surface area contributed by atoms with Crippen molar-refractivity contribution in [2.75, 3.05) is 26.4 Å². The average Bonchev–Trinajstić information content (AvgIpc) is 3.06. The maximum Gasteiger partial charge on any atom is 0.231 e. The number of hydrogen-bond donors (Lipinski definition) is 0. The van der Waals surface area contributed by atoms with Crippen LogP contribution in [0.25, 0.3) is 0 Å². The molecule has 1 saturated heterocycles. The van der Waals surface area contributed by atoms with Gasteiger partial charge in [0.25, 0.3) is 0 Å². The molecular formula is C14H16N2O2. The highest BCUT2D eigenvalue weighted by molar-refractivity contribution is 5.46. The van der Waals surface area contributed by atoms with Gasteiger partial charge in [0.2, 0.25) is 6.79 Å². The first-order chi connectivity index (χ1) is 8.86. The number of hydrogen-bond acceptors (Lipinski definition) is 4. The number of ether oxygens (including phenoxy) is 2. The first kappa shape index (κ1) is 11.4. The second kappa shape index (κ2) is 4.87. The third kappa shape index (κ3) is 2.14. The Bertz CT molecular complexity index is 475. The van der Waals surface area contributed by atoms with Gasteiger partial charge in [0.15, 0.2) is 11.5 Å². The lowest BCUT2D eigenvalue weighted by Crippen LogP contribution is -2.24. The number of rotatable bonds is 3. The zero-order valence-electron chi connectivity index (χ0n) is 10.3. The predicted molar refractivity (Wildman–Crippen MR) is 66.6 cm³/mol. The van der Waals surface area contributed by atoms with Crippen LogP contribution in [0.3, 0.4) is 0 Å². The summed E-state index contributed by atoms with van der Waals surface area (Å²) in [5, 5.41) is 9.34. The third-order valence-corrected chi connectivity index (χ3v) is 3.59. The smallest absolute Gasteiger partial charge is 0.231 e. The summed E-state index contributed by atoms with van der Waals surface area (Å²) in [5.41, 5.74) is 1.02. The Labute approximate surface area is 107 Å². The van der Waals surface area contributed by atoms with Crippen molar-refractivity contribution in [1.29, 1.82) is 5.26 Å². The van der Waals surface area contributed by atoms with E-state index in [4.69, 9.17) is 9.47 Å². The molecule has 0 radical (unpaired) electrons. The van der Waals surface area contributed by atoms with Crippen molar-refractivity contribution in [2.45, 2.75) is 18.8 Å². The Balaban J connectivity index is 1.76. The molecule has 0 spiro atoms. The van der Waals surface area contributed by atoms with Gasteiger partial charge in [0.05, 0.1) is 12.0 Å². The monoisotopic (exact) mass is 244 g/mol. The highest BCUT2D eigenvalue weighted by atomic mass is 16.7. The minimum atomic E-state index is -0.0856. The van der Waals surface area contributed by atoms with Crippen molar-refractivity contribution >= 4 is 0 Å². The summed E-state index contributed by atoms with van der Waals surface area (Å²) in [5.74, 6) is 1.45. The Kier molecular flexibility index (Phi) is 3.07. The maximum atomic E-state index is 9.34. The minimum absolute atomic E-state index is 0.0856. The summed E-state index contributed by atoms with van der Waals surface area (Å²) in [6.45, 7) is 3.32. The number of nitriles is 1. The van der Waals surface area contributed by atoms with E-state index in [1.807, 2.05) is 18.2 Å². The highest BCUT2D eigenvalue weighted by Crippen LogP contribution is 2.34. The summed E-state index contributed by atoms with van der Waals surface area (Å²) in [7, 11) is 0. The van der Waals surface area contributed by atoms with Crippen LogP contribution in [0.1, 0.15) is 24.3 Å². The molecule has 1 unspecified atom stereocenters. The summed E-state index contributed by atoms with van der Waals surface area (Å²) in [6.07, 6.45) is 2.50. The third-order valence-electron chi connectivity index (χ3n) is 3.59. The summed E-state index contributed by atoms with van der Waals surface area (Å²) >= 11 is 0. The van der Waals surface area contributed by atoms with Crippen LogP contribution >= 0.6 is 0 Å². The zero-order valence-corrected chi connectivity index (χ0v) is 10.3. The van der Waals surface area contributed by atoms with E-state index in [2.05, 4.69) is 11.0 Å². The van der Waals surface area contributed by atoms with E-state index in [-0.39, 0.29) is 12.7 Å². The largest absolute Gasteiger partial charge is 0.454 e. The van der Waals surface area contributed by atoms with Gasteiger partial charge in [-0.1, -0.05) is 6.07 Å². The van der Waals surface area contributed by atoms with Crippen LogP contribution < -0.4 is 9.47 Å². The first-order valence-electron chi connectivity index (χ1n) is 6.38. The lowest BCUT2D eigenvalue weighted by molar-refractivity contribution is 0.174. The lowest BCUT2D eigenvalue weighted by Gasteiger charge is -2.18. The second-order valence-electron chi connectivity index (χ2n) is 4.80. The maximum absolute atomic E-state index is 9.34. The first-order valence-corrected chi connectivity index (χ1v) is 6.38. The van der Waals surface area contributed by atoms with Crippen LogP contribution in [0.4, 0.5) is 0 Å². The predicted octanol–water partition coefficient (Wildman–Crippen LogP) is 2.12. The Morgan fingerprint density at radius 2 is 2.00 bits per heavy atom. The molecule has 0 N–H and O–H groups in total. The van der Waals surface area contributed by atoms with Crippen molar-refractivity contribution in [1.82, 2.24) is 4.90 Å². The summed E-state index contributed by atoms with van der Waals surface area (Å²) in [4.78, 5) is 2.36. The van der Waals surface area contributed by atoms with Gasteiger partial charge in [-0.2, -0.15) is 5.26 Å². The number of fused-ring (bicyclic) bond motifs is 1. The standard InChI is InChI=1S/C14H16N2O2/c15-8-12(9-16-5-1-2-6-16)11-3-4-13-14(7-11)18-10-17-13/h3-4,7,12H,1-2,5-6,9-10H2. The molecule has 2 aliphatic rings. The molecule has 1 fully saturated rings. The van der Waals surface area contributed by atoms with Gasteiger partial charge in [-0.25, -0.2) is 0 Å². The van der Waals surface area contributed by atoms with Gasteiger partial charge in [-0.3, -0.25) is 0 Å². The van der Waals surface area contributed by atoms with Gasteiger partial charge >= 0.3 is 0 Å². The van der Waals surface area contributed by atoms with E-state index in [9.17, 15) is 5.26 Å². The molecule has 1 aromatic rings. The highest BCUT2D eigenvalue weighted by Gasteiger charge is 2.21. The van der Waals surface area contributed by atoms with E-state index in [1.54, 1.807) is 0 Å². The molecule has 0 aliphatic carbocycles. The van der Waals surface area contributed by atoms with Crippen molar-refractivity contribution in [3.63, 3.8) is 0 Å². The van der Waals surface area contributed by atoms with Crippen molar-refractivity contribution < 1.29 is 9.47 Å². The fourth-order valence-electron chi connectivity index (χ4n) is 2.57. The Morgan fingerprint density at radius 3 is 2.78 bits per heavy atom. The van der Waals surface area contributed by atoms with Crippen molar-refractivity contribution in [2.24, 2.45) is 0 Å². The molecule has 94 valence electrons. The molecule has 0 bridgehead atoms. The van der Waals surface area contributed by atoms with E-state index < -0.39 is 0 Å².